The number of halogens is 2. The molecule has 1 amide bonds. The Labute approximate surface area is 150 Å². The minimum absolute atomic E-state index is 0.259. The molecule has 2 aliphatic rings. The second kappa shape index (κ2) is 7.16. The molecule has 0 fully saturated rings. The van der Waals surface area contributed by atoms with Gasteiger partial charge in [-0.05, 0) is 30.5 Å². The number of benzene rings is 1. The molecular formula is C18H15Cl2NO3. The van der Waals surface area contributed by atoms with Crippen molar-refractivity contribution in [1.29, 1.82) is 0 Å². The number of allylic oxidation sites excluding steroid dienone is 4. The van der Waals surface area contributed by atoms with Crippen LogP contribution in [0.25, 0.3) is 0 Å². The predicted octanol–water partition coefficient (Wildman–Crippen LogP) is 5.06. The topological polar surface area (TPSA) is 38.8 Å². The number of ether oxygens (including phenoxy) is 2. The summed E-state index contributed by atoms with van der Waals surface area (Å²) >= 11 is 12.2. The van der Waals surface area contributed by atoms with Crippen molar-refractivity contribution in [2.24, 2.45) is 0 Å². The van der Waals surface area contributed by atoms with Crippen LogP contribution in [0.5, 0.6) is 5.75 Å². The first kappa shape index (κ1) is 16.7. The number of carbonyl (C=O) groups is 1. The lowest BCUT2D eigenvalue weighted by Gasteiger charge is -2.22. The van der Waals surface area contributed by atoms with Gasteiger partial charge >= 0.3 is 0 Å². The normalized spacial score (nSPS) is 16.4. The quantitative estimate of drug-likeness (QED) is 0.752. The van der Waals surface area contributed by atoms with E-state index in [1.807, 2.05) is 12.2 Å². The highest BCUT2D eigenvalue weighted by Gasteiger charge is 2.20. The predicted molar refractivity (Wildman–Crippen MR) is 93.9 cm³/mol. The van der Waals surface area contributed by atoms with Crippen molar-refractivity contribution in [2.45, 2.75) is 12.8 Å². The molecule has 124 valence electrons. The van der Waals surface area contributed by atoms with Crippen molar-refractivity contribution in [3.63, 3.8) is 0 Å². The van der Waals surface area contributed by atoms with Crippen LogP contribution in [0.4, 0.5) is 0 Å². The maximum absolute atomic E-state index is 12.7. The van der Waals surface area contributed by atoms with Gasteiger partial charge < -0.3 is 9.47 Å². The first-order chi connectivity index (χ1) is 11.6. The Balaban J connectivity index is 1.88. The number of hydrogen-bond acceptors (Lipinski definition) is 3. The van der Waals surface area contributed by atoms with Crippen LogP contribution in [0.3, 0.4) is 0 Å². The summed E-state index contributed by atoms with van der Waals surface area (Å²) in [6.07, 6.45) is 12.6. The van der Waals surface area contributed by atoms with Crippen molar-refractivity contribution in [1.82, 2.24) is 4.90 Å². The Morgan fingerprint density at radius 2 is 2.04 bits per heavy atom. The third kappa shape index (κ3) is 3.35. The Morgan fingerprint density at radius 3 is 2.67 bits per heavy atom. The van der Waals surface area contributed by atoms with Crippen molar-refractivity contribution in [3.05, 3.63) is 76.0 Å². The van der Waals surface area contributed by atoms with Crippen molar-refractivity contribution in [3.8, 4) is 5.75 Å². The van der Waals surface area contributed by atoms with Crippen LogP contribution in [-0.2, 0) is 4.74 Å². The molecule has 1 aromatic carbocycles. The third-order valence-electron chi connectivity index (χ3n) is 3.69. The molecule has 0 bridgehead atoms. The first-order valence-corrected chi connectivity index (χ1v) is 8.12. The van der Waals surface area contributed by atoms with Crippen LogP contribution in [0, 0.1) is 0 Å². The molecule has 24 heavy (non-hydrogen) atoms. The molecule has 1 aromatic rings. The molecule has 0 N–H and O–H groups in total. The van der Waals surface area contributed by atoms with Gasteiger partial charge in [0.2, 0.25) is 0 Å². The summed E-state index contributed by atoms with van der Waals surface area (Å²) in [6, 6.07) is 3.07. The van der Waals surface area contributed by atoms with Gasteiger partial charge in [0.15, 0.2) is 5.75 Å². The van der Waals surface area contributed by atoms with E-state index >= 15 is 0 Å². The summed E-state index contributed by atoms with van der Waals surface area (Å²) in [6.45, 7) is 0. The number of methoxy groups -OCH3 is 1. The van der Waals surface area contributed by atoms with E-state index in [2.05, 4.69) is 6.08 Å². The summed E-state index contributed by atoms with van der Waals surface area (Å²) in [4.78, 5) is 14.2. The molecule has 4 nitrogen and oxygen atoms in total. The van der Waals surface area contributed by atoms with E-state index < -0.39 is 0 Å². The molecule has 6 heteroatoms. The van der Waals surface area contributed by atoms with Gasteiger partial charge in [0.05, 0.1) is 23.4 Å². The van der Waals surface area contributed by atoms with E-state index in [0.717, 1.165) is 18.4 Å². The number of hydrogen-bond donors (Lipinski definition) is 0. The van der Waals surface area contributed by atoms with E-state index in [4.69, 9.17) is 32.7 Å². The lowest BCUT2D eigenvalue weighted by atomic mass is 10.0. The Kier molecular flexibility index (Phi) is 4.97. The molecule has 0 atom stereocenters. The van der Waals surface area contributed by atoms with Crippen LogP contribution in [0.1, 0.15) is 23.2 Å². The van der Waals surface area contributed by atoms with E-state index in [9.17, 15) is 4.79 Å². The zero-order valence-corrected chi connectivity index (χ0v) is 14.5. The van der Waals surface area contributed by atoms with E-state index in [1.54, 1.807) is 12.4 Å². The number of amides is 1. The standard InChI is InChI=1S/C18H15Cl2NO3/c1-23-17-14(19)9-13(10-15(17)20)18(22)21-7-8-24-16(11-21)12-5-3-2-4-6-12/h2-3,5,7-11H,4,6H2,1H3. The second-order valence-electron chi connectivity index (χ2n) is 5.24. The lowest BCUT2D eigenvalue weighted by molar-refractivity contribution is 0.0855. The van der Waals surface area contributed by atoms with Crippen LogP contribution in [0.15, 0.2) is 60.4 Å². The summed E-state index contributed by atoms with van der Waals surface area (Å²) < 4.78 is 10.6. The minimum atomic E-state index is -0.259. The zero-order valence-electron chi connectivity index (χ0n) is 13.0. The smallest absolute Gasteiger partial charge is 0.262 e. The van der Waals surface area contributed by atoms with Crippen molar-refractivity contribution < 1.29 is 14.3 Å². The largest absolute Gasteiger partial charge is 0.494 e. The number of carbonyl (C=O) groups excluding carboxylic acids is 1. The maximum atomic E-state index is 12.7. The minimum Gasteiger partial charge on any atom is -0.494 e. The second-order valence-corrected chi connectivity index (χ2v) is 6.06. The van der Waals surface area contributed by atoms with Crippen LogP contribution in [0.2, 0.25) is 10.0 Å². The van der Waals surface area contributed by atoms with E-state index in [0.29, 0.717) is 17.1 Å². The highest BCUT2D eigenvalue weighted by molar-refractivity contribution is 6.37. The highest BCUT2D eigenvalue weighted by atomic mass is 35.5. The summed E-state index contributed by atoms with van der Waals surface area (Å²) in [5, 5.41) is 0.574. The fourth-order valence-corrected chi connectivity index (χ4v) is 3.13. The molecule has 0 saturated carbocycles. The van der Waals surface area contributed by atoms with Crippen LogP contribution < -0.4 is 4.74 Å². The van der Waals surface area contributed by atoms with Gasteiger partial charge in [0.1, 0.15) is 12.0 Å². The average Bonchev–Trinajstić information content (AvgIpc) is 2.61. The monoisotopic (exact) mass is 363 g/mol. The van der Waals surface area contributed by atoms with E-state index in [1.165, 1.54) is 30.4 Å². The van der Waals surface area contributed by atoms with Gasteiger partial charge in [-0.2, -0.15) is 0 Å². The Bertz CT molecular complexity index is 770. The Hall–Kier alpha value is -2.17. The molecule has 0 unspecified atom stereocenters. The fraction of sp³-hybridized carbons (Fsp3) is 0.167. The van der Waals surface area contributed by atoms with Crippen LogP contribution >= 0.6 is 23.2 Å². The van der Waals surface area contributed by atoms with Gasteiger partial charge in [-0.15, -0.1) is 0 Å². The molecule has 1 heterocycles. The molecule has 0 spiro atoms. The summed E-state index contributed by atoms with van der Waals surface area (Å²) in [5.74, 6) is 0.745. The molecular weight excluding hydrogens is 349 g/mol. The fourth-order valence-electron chi connectivity index (χ4n) is 2.49. The number of nitrogens with zero attached hydrogens (tertiary/aromatic N) is 1. The van der Waals surface area contributed by atoms with Gasteiger partial charge in [-0.1, -0.05) is 41.4 Å². The molecule has 1 aliphatic carbocycles. The summed E-state index contributed by atoms with van der Waals surface area (Å²) in [7, 11) is 1.47. The summed E-state index contributed by atoms with van der Waals surface area (Å²) in [5.41, 5.74) is 1.41. The zero-order chi connectivity index (χ0) is 17.1. The maximum Gasteiger partial charge on any atom is 0.262 e. The van der Waals surface area contributed by atoms with Gasteiger partial charge in [-0.25, -0.2) is 0 Å². The highest BCUT2D eigenvalue weighted by Crippen LogP contribution is 2.34. The molecule has 3 rings (SSSR count). The first-order valence-electron chi connectivity index (χ1n) is 7.37. The molecule has 0 aromatic heterocycles. The van der Waals surface area contributed by atoms with Gasteiger partial charge in [0.25, 0.3) is 5.91 Å². The molecule has 0 radical (unpaired) electrons. The van der Waals surface area contributed by atoms with Crippen LogP contribution in [-0.4, -0.2) is 17.9 Å². The average molecular weight is 364 g/mol. The van der Waals surface area contributed by atoms with E-state index in [-0.39, 0.29) is 16.0 Å². The van der Waals surface area contributed by atoms with Crippen molar-refractivity contribution in [2.75, 3.05) is 7.11 Å². The lowest BCUT2D eigenvalue weighted by Crippen LogP contribution is -2.23. The Morgan fingerprint density at radius 1 is 1.29 bits per heavy atom. The SMILES string of the molecule is COc1c(Cl)cc(C(=O)N2C=COC(C3=CC=CCC3)=C2)cc1Cl. The molecule has 0 saturated heterocycles. The van der Waals surface area contributed by atoms with Gasteiger partial charge in [0, 0.05) is 11.8 Å². The third-order valence-corrected chi connectivity index (χ3v) is 4.25. The number of rotatable bonds is 3. The van der Waals surface area contributed by atoms with Crippen molar-refractivity contribution >= 4 is 29.1 Å². The molecule has 1 aliphatic heterocycles. The van der Waals surface area contributed by atoms with Gasteiger partial charge in [-0.3, -0.25) is 9.69 Å².